The minimum Gasteiger partial charge on any atom is -0.480 e. The first-order valence-corrected chi connectivity index (χ1v) is 5.81. The van der Waals surface area contributed by atoms with Crippen molar-refractivity contribution in [3.63, 3.8) is 0 Å². The van der Waals surface area contributed by atoms with E-state index < -0.39 is 18.1 Å². The number of rotatable bonds is 5. The van der Waals surface area contributed by atoms with E-state index in [1.54, 1.807) is 0 Å². The van der Waals surface area contributed by atoms with E-state index in [2.05, 4.69) is 5.32 Å². The molecule has 1 aliphatic carbocycles. The van der Waals surface area contributed by atoms with Crippen molar-refractivity contribution in [2.45, 2.75) is 44.2 Å². The van der Waals surface area contributed by atoms with Gasteiger partial charge in [-0.25, -0.2) is 4.79 Å². The molecule has 2 aliphatic rings. The quantitative estimate of drug-likeness (QED) is 0.718. The summed E-state index contributed by atoms with van der Waals surface area (Å²) in [5, 5.41) is 11.6. The molecule has 0 radical (unpaired) electrons. The van der Waals surface area contributed by atoms with Crippen molar-refractivity contribution in [3.05, 3.63) is 0 Å². The van der Waals surface area contributed by atoms with Crippen molar-refractivity contribution < 1.29 is 19.4 Å². The summed E-state index contributed by atoms with van der Waals surface area (Å²) in [5.41, 5.74) is 0. The molecular formula is C11H17NO4. The van der Waals surface area contributed by atoms with E-state index in [0.29, 0.717) is 25.4 Å². The third kappa shape index (κ3) is 2.95. The molecule has 0 spiro atoms. The van der Waals surface area contributed by atoms with E-state index >= 15 is 0 Å². The molecule has 2 unspecified atom stereocenters. The minimum absolute atomic E-state index is 0.273. The predicted octanol–water partition coefficient (Wildman–Crippen LogP) is 0.535. The topological polar surface area (TPSA) is 75.6 Å². The van der Waals surface area contributed by atoms with Crippen LogP contribution in [0, 0.1) is 5.92 Å². The van der Waals surface area contributed by atoms with Gasteiger partial charge in [0.25, 0.3) is 0 Å². The van der Waals surface area contributed by atoms with Crippen LogP contribution >= 0.6 is 0 Å². The zero-order valence-corrected chi connectivity index (χ0v) is 9.15. The Balaban J connectivity index is 1.83. The highest BCUT2D eigenvalue weighted by molar-refractivity contribution is 5.86. The third-order valence-electron chi connectivity index (χ3n) is 3.10. The lowest BCUT2D eigenvalue weighted by Crippen LogP contribution is -2.45. The van der Waals surface area contributed by atoms with Gasteiger partial charge in [-0.2, -0.15) is 0 Å². The Bertz CT molecular complexity index is 282. The van der Waals surface area contributed by atoms with E-state index in [1.807, 2.05) is 0 Å². The van der Waals surface area contributed by atoms with Crippen LogP contribution in [0.3, 0.4) is 0 Å². The molecule has 0 bridgehead atoms. The van der Waals surface area contributed by atoms with Gasteiger partial charge < -0.3 is 15.2 Å². The van der Waals surface area contributed by atoms with Gasteiger partial charge >= 0.3 is 5.97 Å². The first-order valence-electron chi connectivity index (χ1n) is 5.81. The average Bonchev–Trinajstić information content (AvgIpc) is 2.89. The second-order valence-electron chi connectivity index (χ2n) is 4.58. The van der Waals surface area contributed by atoms with Gasteiger partial charge in [-0.1, -0.05) is 12.8 Å². The van der Waals surface area contributed by atoms with Crippen molar-refractivity contribution >= 4 is 11.9 Å². The van der Waals surface area contributed by atoms with Crippen LogP contribution in [0.1, 0.15) is 32.1 Å². The number of nitrogens with one attached hydrogen (secondary N) is 1. The molecule has 1 heterocycles. The molecule has 5 nitrogen and oxygen atoms in total. The molecule has 90 valence electrons. The largest absolute Gasteiger partial charge is 0.480 e. The summed E-state index contributed by atoms with van der Waals surface area (Å²) in [6, 6.07) is -0.746. The number of hydrogen-bond donors (Lipinski definition) is 2. The van der Waals surface area contributed by atoms with Crippen molar-refractivity contribution in [2.75, 3.05) is 6.61 Å². The van der Waals surface area contributed by atoms with Gasteiger partial charge in [0.2, 0.25) is 5.91 Å². The zero-order chi connectivity index (χ0) is 11.5. The fourth-order valence-corrected chi connectivity index (χ4v) is 1.96. The van der Waals surface area contributed by atoms with Crippen LogP contribution in [0.5, 0.6) is 0 Å². The highest BCUT2D eigenvalue weighted by Crippen LogP contribution is 2.33. The molecule has 1 aliphatic heterocycles. The molecule has 2 fully saturated rings. The maximum atomic E-state index is 11.7. The van der Waals surface area contributed by atoms with E-state index in [4.69, 9.17) is 9.84 Å². The maximum absolute atomic E-state index is 11.7. The molecule has 2 atom stereocenters. The SMILES string of the molecule is O=C(O)C(CC1CC1)NC(=O)C1CCCO1. The van der Waals surface area contributed by atoms with Crippen LogP contribution in [0.25, 0.3) is 0 Å². The van der Waals surface area contributed by atoms with Gasteiger partial charge in [-0.05, 0) is 25.2 Å². The summed E-state index contributed by atoms with van der Waals surface area (Å²) in [6.45, 7) is 0.596. The minimum atomic E-state index is -0.946. The second kappa shape index (κ2) is 4.82. The number of carbonyl (C=O) groups excluding carboxylic acids is 1. The molecule has 2 N–H and O–H groups in total. The monoisotopic (exact) mass is 227 g/mol. The zero-order valence-electron chi connectivity index (χ0n) is 9.15. The number of aliphatic carboxylic acids is 1. The number of hydrogen-bond acceptors (Lipinski definition) is 3. The van der Waals surface area contributed by atoms with Gasteiger partial charge in [-0.3, -0.25) is 4.79 Å². The Hall–Kier alpha value is -1.10. The number of carboxylic acids is 1. The maximum Gasteiger partial charge on any atom is 0.326 e. The number of ether oxygens (including phenoxy) is 1. The van der Waals surface area contributed by atoms with Crippen molar-refractivity contribution in [1.82, 2.24) is 5.32 Å². The molecular weight excluding hydrogens is 210 g/mol. The van der Waals surface area contributed by atoms with Gasteiger partial charge in [0.05, 0.1) is 0 Å². The van der Waals surface area contributed by atoms with Gasteiger partial charge in [0, 0.05) is 6.61 Å². The highest BCUT2D eigenvalue weighted by atomic mass is 16.5. The smallest absolute Gasteiger partial charge is 0.326 e. The lowest BCUT2D eigenvalue weighted by Gasteiger charge is -2.16. The third-order valence-corrected chi connectivity index (χ3v) is 3.10. The molecule has 2 rings (SSSR count). The van der Waals surface area contributed by atoms with E-state index in [-0.39, 0.29) is 5.91 Å². The normalized spacial score (nSPS) is 26.4. The van der Waals surface area contributed by atoms with E-state index in [0.717, 1.165) is 19.3 Å². The molecule has 1 amide bonds. The van der Waals surface area contributed by atoms with Crippen LogP contribution in [0.4, 0.5) is 0 Å². The lowest BCUT2D eigenvalue weighted by molar-refractivity contribution is -0.143. The summed E-state index contributed by atoms with van der Waals surface area (Å²) in [7, 11) is 0. The number of carbonyl (C=O) groups is 2. The summed E-state index contributed by atoms with van der Waals surface area (Å²) in [4.78, 5) is 22.6. The van der Waals surface area contributed by atoms with Crippen molar-refractivity contribution in [3.8, 4) is 0 Å². The van der Waals surface area contributed by atoms with Gasteiger partial charge in [-0.15, -0.1) is 0 Å². The first kappa shape index (κ1) is 11.4. The van der Waals surface area contributed by atoms with E-state index in [1.165, 1.54) is 0 Å². The predicted molar refractivity (Wildman–Crippen MR) is 55.9 cm³/mol. The van der Waals surface area contributed by atoms with Crippen LogP contribution in [-0.2, 0) is 14.3 Å². The molecule has 16 heavy (non-hydrogen) atoms. The van der Waals surface area contributed by atoms with Crippen LogP contribution in [-0.4, -0.2) is 35.7 Å². The fraction of sp³-hybridized carbons (Fsp3) is 0.818. The molecule has 0 aromatic carbocycles. The molecule has 0 aromatic heterocycles. The molecule has 0 aromatic rings. The average molecular weight is 227 g/mol. The Morgan fingerprint density at radius 2 is 2.12 bits per heavy atom. The van der Waals surface area contributed by atoms with Crippen molar-refractivity contribution in [1.29, 1.82) is 0 Å². The summed E-state index contributed by atoms with van der Waals surface area (Å²) >= 11 is 0. The van der Waals surface area contributed by atoms with E-state index in [9.17, 15) is 9.59 Å². The highest BCUT2D eigenvalue weighted by Gasteiger charge is 2.32. The summed E-state index contributed by atoms with van der Waals surface area (Å²) < 4.78 is 5.21. The number of amides is 1. The number of carboxylic acid groups (broad SMARTS) is 1. The molecule has 1 saturated heterocycles. The summed E-state index contributed by atoms with van der Waals surface area (Å²) in [5.74, 6) is -0.741. The Morgan fingerprint density at radius 3 is 2.62 bits per heavy atom. The summed E-state index contributed by atoms with van der Waals surface area (Å²) in [6.07, 6.45) is 3.84. The second-order valence-corrected chi connectivity index (χ2v) is 4.58. The van der Waals surface area contributed by atoms with Crippen LogP contribution in [0.15, 0.2) is 0 Å². The van der Waals surface area contributed by atoms with Gasteiger partial charge in [0.1, 0.15) is 12.1 Å². The first-order chi connectivity index (χ1) is 7.66. The Kier molecular flexibility index (Phi) is 3.43. The van der Waals surface area contributed by atoms with Crippen LogP contribution in [0.2, 0.25) is 0 Å². The Labute approximate surface area is 94.2 Å². The van der Waals surface area contributed by atoms with Gasteiger partial charge in [0.15, 0.2) is 0 Å². The lowest BCUT2D eigenvalue weighted by atomic mass is 10.1. The fourth-order valence-electron chi connectivity index (χ4n) is 1.96. The van der Waals surface area contributed by atoms with Crippen molar-refractivity contribution in [2.24, 2.45) is 5.92 Å². The molecule has 5 heteroatoms. The van der Waals surface area contributed by atoms with Crippen LogP contribution < -0.4 is 5.32 Å². The standard InChI is InChI=1S/C11H17NO4/c13-10(9-2-1-5-16-9)12-8(11(14)15)6-7-3-4-7/h7-9H,1-6H2,(H,12,13)(H,14,15). The Morgan fingerprint density at radius 1 is 1.38 bits per heavy atom. The molecule has 1 saturated carbocycles.